The Morgan fingerprint density at radius 3 is 2.38 bits per heavy atom. The smallest absolute Gasteiger partial charge is 0.319 e. The molecular formula is C10H23NO4Si. The van der Waals surface area contributed by atoms with Gasteiger partial charge in [-0.15, -0.1) is 0 Å². The Bertz CT molecular complexity index is 205. The van der Waals surface area contributed by atoms with Gasteiger partial charge in [0.1, 0.15) is 0 Å². The van der Waals surface area contributed by atoms with Gasteiger partial charge in [0.25, 0.3) is 0 Å². The van der Waals surface area contributed by atoms with Crippen LogP contribution < -0.4 is 0 Å². The van der Waals surface area contributed by atoms with Crippen molar-refractivity contribution in [3.63, 3.8) is 0 Å². The third-order valence-electron chi connectivity index (χ3n) is 1.94. The van der Waals surface area contributed by atoms with E-state index in [0.29, 0.717) is 19.7 Å². The number of carbonyl (C=O) groups is 1. The highest BCUT2D eigenvalue weighted by Gasteiger charge is 2.15. The van der Waals surface area contributed by atoms with Gasteiger partial charge >= 0.3 is 5.97 Å². The SMILES string of the molecule is COC(=O)CN(CCO)CCO[Si](C)(C)C. The number of esters is 1. The Kier molecular flexibility index (Phi) is 7.57. The zero-order chi connectivity index (χ0) is 12.6. The van der Waals surface area contributed by atoms with Gasteiger partial charge in [-0.25, -0.2) is 0 Å². The lowest BCUT2D eigenvalue weighted by Gasteiger charge is -2.23. The second kappa shape index (κ2) is 7.78. The van der Waals surface area contributed by atoms with E-state index in [4.69, 9.17) is 9.53 Å². The minimum atomic E-state index is -1.50. The fourth-order valence-electron chi connectivity index (χ4n) is 1.14. The Morgan fingerprint density at radius 1 is 1.31 bits per heavy atom. The first kappa shape index (κ1) is 15.6. The maximum Gasteiger partial charge on any atom is 0.319 e. The van der Waals surface area contributed by atoms with Gasteiger partial charge in [0, 0.05) is 19.7 Å². The van der Waals surface area contributed by atoms with Gasteiger partial charge < -0.3 is 14.3 Å². The lowest BCUT2D eigenvalue weighted by Crippen LogP contribution is -2.37. The highest BCUT2D eigenvalue weighted by atomic mass is 28.4. The van der Waals surface area contributed by atoms with Crippen molar-refractivity contribution in [2.45, 2.75) is 19.6 Å². The quantitative estimate of drug-likeness (QED) is 0.495. The van der Waals surface area contributed by atoms with Gasteiger partial charge in [0.05, 0.1) is 20.3 Å². The summed E-state index contributed by atoms with van der Waals surface area (Å²) in [6.07, 6.45) is 0. The Hall–Kier alpha value is -0.433. The summed E-state index contributed by atoms with van der Waals surface area (Å²) >= 11 is 0. The summed E-state index contributed by atoms with van der Waals surface area (Å²) < 4.78 is 10.3. The monoisotopic (exact) mass is 249 g/mol. The molecule has 0 saturated heterocycles. The third kappa shape index (κ3) is 8.84. The molecule has 0 spiro atoms. The molecule has 0 saturated carbocycles. The molecule has 0 fully saturated rings. The predicted octanol–water partition coefficient (Wildman–Crippen LogP) is 0.305. The van der Waals surface area contributed by atoms with Crippen LogP contribution in [0.15, 0.2) is 0 Å². The average molecular weight is 249 g/mol. The molecule has 0 aromatic heterocycles. The van der Waals surface area contributed by atoms with Crippen LogP contribution in [-0.2, 0) is 14.0 Å². The summed E-state index contributed by atoms with van der Waals surface area (Å²) in [5, 5.41) is 8.86. The zero-order valence-corrected chi connectivity index (χ0v) is 11.7. The van der Waals surface area contributed by atoms with Crippen molar-refractivity contribution in [3.8, 4) is 0 Å². The van der Waals surface area contributed by atoms with Crippen molar-refractivity contribution in [2.24, 2.45) is 0 Å². The van der Waals surface area contributed by atoms with E-state index in [1.54, 1.807) is 0 Å². The van der Waals surface area contributed by atoms with E-state index in [2.05, 4.69) is 24.4 Å². The second-order valence-electron chi connectivity index (χ2n) is 4.54. The number of rotatable bonds is 8. The van der Waals surface area contributed by atoms with E-state index < -0.39 is 8.32 Å². The maximum absolute atomic E-state index is 11.1. The van der Waals surface area contributed by atoms with E-state index >= 15 is 0 Å². The van der Waals surface area contributed by atoms with Gasteiger partial charge in [-0.1, -0.05) is 0 Å². The van der Waals surface area contributed by atoms with Crippen LogP contribution in [-0.4, -0.2) is 64.3 Å². The van der Waals surface area contributed by atoms with Gasteiger partial charge in [-0.2, -0.15) is 0 Å². The van der Waals surface area contributed by atoms with Gasteiger partial charge in [-0.3, -0.25) is 9.69 Å². The van der Waals surface area contributed by atoms with Crippen LogP contribution in [0.3, 0.4) is 0 Å². The Morgan fingerprint density at radius 2 is 1.94 bits per heavy atom. The number of hydrogen-bond acceptors (Lipinski definition) is 5. The van der Waals surface area contributed by atoms with Crippen LogP contribution in [0.25, 0.3) is 0 Å². The molecule has 0 aromatic carbocycles. The standard InChI is InChI=1S/C10H23NO4Si/c1-14-10(13)9-11(5-7-12)6-8-15-16(2,3)4/h12H,5-9H2,1-4H3. The van der Waals surface area contributed by atoms with E-state index in [9.17, 15) is 4.79 Å². The number of hydrogen-bond donors (Lipinski definition) is 1. The summed E-state index contributed by atoms with van der Waals surface area (Å²) in [4.78, 5) is 12.9. The van der Waals surface area contributed by atoms with Crippen LogP contribution in [0.2, 0.25) is 19.6 Å². The molecule has 96 valence electrons. The lowest BCUT2D eigenvalue weighted by atomic mass is 10.4. The van der Waals surface area contributed by atoms with E-state index in [-0.39, 0.29) is 19.1 Å². The van der Waals surface area contributed by atoms with E-state index in [1.165, 1.54) is 7.11 Å². The first-order chi connectivity index (χ1) is 7.39. The number of ether oxygens (including phenoxy) is 1. The van der Waals surface area contributed by atoms with E-state index in [1.807, 2.05) is 4.90 Å². The molecule has 1 N–H and O–H groups in total. The molecule has 0 unspecified atom stereocenters. The molecule has 0 aliphatic rings. The molecule has 0 rings (SSSR count). The largest absolute Gasteiger partial charge is 0.468 e. The minimum absolute atomic E-state index is 0.0317. The van der Waals surface area contributed by atoms with Gasteiger partial charge in [-0.05, 0) is 19.6 Å². The first-order valence-electron chi connectivity index (χ1n) is 5.43. The molecular weight excluding hydrogens is 226 g/mol. The average Bonchev–Trinajstić information content (AvgIpc) is 2.15. The molecule has 0 radical (unpaired) electrons. The molecule has 0 aliphatic heterocycles. The molecule has 6 heteroatoms. The zero-order valence-electron chi connectivity index (χ0n) is 10.7. The molecule has 0 aliphatic carbocycles. The molecule has 0 bridgehead atoms. The van der Waals surface area contributed by atoms with Crippen molar-refractivity contribution in [3.05, 3.63) is 0 Å². The van der Waals surface area contributed by atoms with Crippen molar-refractivity contribution in [1.29, 1.82) is 0 Å². The molecule has 5 nitrogen and oxygen atoms in total. The molecule has 0 atom stereocenters. The number of aliphatic hydroxyl groups excluding tert-OH is 1. The highest BCUT2D eigenvalue weighted by molar-refractivity contribution is 6.69. The van der Waals surface area contributed by atoms with Crippen LogP contribution in [0.5, 0.6) is 0 Å². The first-order valence-corrected chi connectivity index (χ1v) is 8.84. The van der Waals surface area contributed by atoms with Crippen molar-refractivity contribution in [1.82, 2.24) is 4.90 Å². The third-order valence-corrected chi connectivity index (χ3v) is 3.01. The summed E-state index contributed by atoms with van der Waals surface area (Å²) in [6, 6.07) is 0. The maximum atomic E-state index is 11.1. The second-order valence-corrected chi connectivity index (χ2v) is 9.05. The number of methoxy groups -OCH3 is 1. The van der Waals surface area contributed by atoms with Crippen molar-refractivity contribution >= 4 is 14.3 Å². The van der Waals surface area contributed by atoms with Crippen molar-refractivity contribution < 1.29 is 19.1 Å². The minimum Gasteiger partial charge on any atom is -0.468 e. The summed E-state index contributed by atoms with van der Waals surface area (Å²) in [5.74, 6) is -0.290. The summed E-state index contributed by atoms with van der Waals surface area (Å²) in [5.41, 5.74) is 0. The molecule has 16 heavy (non-hydrogen) atoms. The summed E-state index contributed by atoms with van der Waals surface area (Å²) in [7, 11) is -0.141. The van der Waals surface area contributed by atoms with Crippen LogP contribution in [0.4, 0.5) is 0 Å². The Balaban J connectivity index is 3.89. The van der Waals surface area contributed by atoms with Crippen LogP contribution in [0, 0.1) is 0 Å². The molecule has 0 heterocycles. The fourth-order valence-corrected chi connectivity index (χ4v) is 1.84. The summed E-state index contributed by atoms with van der Waals surface area (Å²) in [6.45, 7) is 8.27. The Labute approximate surface area is 98.5 Å². The topological polar surface area (TPSA) is 59.0 Å². The van der Waals surface area contributed by atoms with Crippen LogP contribution >= 0.6 is 0 Å². The normalized spacial score (nSPS) is 11.9. The number of carbonyl (C=O) groups excluding carboxylic acids is 1. The van der Waals surface area contributed by atoms with Crippen LogP contribution in [0.1, 0.15) is 0 Å². The highest BCUT2D eigenvalue weighted by Crippen LogP contribution is 2.02. The number of nitrogens with zero attached hydrogens (tertiary/aromatic N) is 1. The van der Waals surface area contributed by atoms with E-state index in [0.717, 1.165) is 0 Å². The van der Waals surface area contributed by atoms with Gasteiger partial charge in [0.15, 0.2) is 8.32 Å². The lowest BCUT2D eigenvalue weighted by molar-refractivity contribution is -0.142. The van der Waals surface area contributed by atoms with Crippen molar-refractivity contribution in [2.75, 3.05) is 40.0 Å². The molecule has 0 aromatic rings. The number of aliphatic hydroxyl groups is 1. The molecule has 0 amide bonds. The van der Waals surface area contributed by atoms with Gasteiger partial charge in [0.2, 0.25) is 0 Å². The predicted molar refractivity (Wildman–Crippen MR) is 64.8 cm³/mol. The fraction of sp³-hybridized carbons (Fsp3) is 0.900.